The van der Waals surface area contributed by atoms with E-state index in [2.05, 4.69) is 15.2 Å². The van der Waals surface area contributed by atoms with Gasteiger partial charge in [-0.3, -0.25) is 9.79 Å². The summed E-state index contributed by atoms with van der Waals surface area (Å²) >= 11 is 0. The van der Waals surface area contributed by atoms with Crippen LogP contribution in [0, 0.1) is 11.8 Å². The molecule has 0 spiro atoms. The maximum atomic E-state index is 11.6. The Hall–Kier alpha value is -0.610. The quantitative estimate of drug-likeness (QED) is 0.201. The number of nitrogens with zero attached hydrogens (tertiary/aromatic N) is 2. The van der Waals surface area contributed by atoms with Gasteiger partial charge < -0.3 is 24.4 Å². The van der Waals surface area contributed by atoms with Crippen LogP contribution in [0.5, 0.6) is 0 Å². The van der Waals surface area contributed by atoms with E-state index in [1.165, 1.54) is 7.11 Å². The van der Waals surface area contributed by atoms with Gasteiger partial charge in [-0.25, -0.2) is 0 Å². The molecular weight excluding hydrogens is 437 g/mol. The number of rotatable bonds is 7. The average Bonchev–Trinajstić information content (AvgIpc) is 3.14. The van der Waals surface area contributed by atoms with Crippen molar-refractivity contribution in [2.45, 2.75) is 25.7 Å². The van der Waals surface area contributed by atoms with Crippen LogP contribution in [0.2, 0.25) is 0 Å². The Labute approximate surface area is 167 Å². The Morgan fingerprint density at radius 1 is 1.32 bits per heavy atom. The molecule has 0 aromatic carbocycles. The van der Waals surface area contributed by atoms with E-state index in [9.17, 15) is 4.79 Å². The second-order valence-corrected chi connectivity index (χ2v) is 6.42. The van der Waals surface area contributed by atoms with Crippen LogP contribution in [0.4, 0.5) is 0 Å². The molecule has 2 aliphatic heterocycles. The van der Waals surface area contributed by atoms with Crippen molar-refractivity contribution in [2.75, 3.05) is 60.2 Å². The predicted octanol–water partition coefficient (Wildman–Crippen LogP) is 1.51. The molecule has 1 N–H and O–H groups in total. The normalized spacial score (nSPS) is 21.8. The largest absolute Gasteiger partial charge is 0.469 e. The summed E-state index contributed by atoms with van der Waals surface area (Å²) in [6.45, 7) is 5.77. The Morgan fingerprint density at radius 2 is 2.08 bits per heavy atom. The number of nitrogens with one attached hydrogen (secondary N) is 1. The number of methoxy groups -OCH3 is 1. The standard InChI is InChI=1S/C17H31N3O4.HI/c1-18-17(20-8-4-15(5-9-20)16(21)22-2)19-7-3-10-23-12-14-6-11-24-13-14;/h14-15H,3-13H2,1-2H3,(H,18,19);1H. The zero-order valence-corrected chi connectivity index (χ0v) is 17.7. The number of guanidine groups is 1. The molecule has 2 fully saturated rings. The first-order valence-electron chi connectivity index (χ1n) is 8.93. The summed E-state index contributed by atoms with van der Waals surface area (Å²) in [7, 11) is 3.25. The Kier molecular flexibility index (Phi) is 11.4. The summed E-state index contributed by atoms with van der Waals surface area (Å²) < 4.78 is 15.9. The molecule has 2 aliphatic rings. The van der Waals surface area contributed by atoms with Crippen molar-refractivity contribution in [1.82, 2.24) is 10.2 Å². The van der Waals surface area contributed by atoms with Crippen molar-refractivity contribution < 1.29 is 19.0 Å². The number of halogens is 1. The Bertz CT molecular complexity index is 409. The third kappa shape index (κ3) is 7.65. The van der Waals surface area contributed by atoms with Gasteiger partial charge in [0.25, 0.3) is 0 Å². The van der Waals surface area contributed by atoms with Crippen molar-refractivity contribution in [1.29, 1.82) is 0 Å². The number of aliphatic imine (C=N–C) groups is 1. The second-order valence-electron chi connectivity index (χ2n) is 6.42. The predicted molar refractivity (Wildman–Crippen MR) is 107 cm³/mol. The summed E-state index contributed by atoms with van der Waals surface area (Å²) in [6.07, 6.45) is 3.71. The summed E-state index contributed by atoms with van der Waals surface area (Å²) in [5, 5.41) is 3.38. The second kappa shape index (κ2) is 12.7. The van der Waals surface area contributed by atoms with E-state index in [1.807, 2.05) is 0 Å². The molecule has 2 saturated heterocycles. The number of likely N-dealkylation sites (tertiary alicyclic amines) is 1. The van der Waals surface area contributed by atoms with E-state index in [1.54, 1.807) is 7.05 Å². The van der Waals surface area contributed by atoms with Crippen molar-refractivity contribution in [3.05, 3.63) is 0 Å². The zero-order valence-electron chi connectivity index (χ0n) is 15.4. The number of carbonyl (C=O) groups excluding carboxylic acids is 1. The Balaban J connectivity index is 0.00000312. The van der Waals surface area contributed by atoms with Crippen LogP contribution in [0.3, 0.4) is 0 Å². The average molecular weight is 469 g/mol. The molecule has 1 unspecified atom stereocenters. The van der Waals surface area contributed by atoms with Gasteiger partial charge in [-0.1, -0.05) is 0 Å². The van der Waals surface area contributed by atoms with E-state index in [0.29, 0.717) is 5.92 Å². The zero-order chi connectivity index (χ0) is 17.2. The molecule has 7 nitrogen and oxygen atoms in total. The molecule has 8 heteroatoms. The first kappa shape index (κ1) is 22.4. The molecular formula is C17H32IN3O4. The molecule has 146 valence electrons. The summed E-state index contributed by atoms with van der Waals surface area (Å²) in [5.74, 6) is 1.41. The minimum Gasteiger partial charge on any atom is -0.469 e. The van der Waals surface area contributed by atoms with Crippen LogP contribution in [0.1, 0.15) is 25.7 Å². The van der Waals surface area contributed by atoms with Gasteiger partial charge in [0.2, 0.25) is 0 Å². The summed E-state index contributed by atoms with van der Waals surface area (Å²) in [6, 6.07) is 0. The molecule has 2 rings (SSSR count). The molecule has 1 atom stereocenters. The van der Waals surface area contributed by atoms with E-state index < -0.39 is 0 Å². The first-order chi connectivity index (χ1) is 11.7. The van der Waals surface area contributed by atoms with Gasteiger partial charge >= 0.3 is 5.97 Å². The number of hydrogen-bond donors (Lipinski definition) is 1. The fourth-order valence-electron chi connectivity index (χ4n) is 3.17. The molecule has 2 heterocycles. The molecule has 0 aromatic rings. The monoisotopic (exact) mass is 469 g/mol. The number of carbonyl (C=O) groups is 1. The molecule has 0 radical (unpaired) electrons. The maximum Gasteiger partial charge on any atom is 0.308 e. The first-order valence-corrected chi connectivity index (χ1v) is 8.93. The highest BCUT2D eigenvalue weighted by molar-refractivity contribution is 14.0. The van der Waals surface area contributed by atoms with Gasteiger partial charge in [-0.15, -0.1) is 24.0 Å². The Morgan fingerprint density at radius 3 is 2.68 bits per heavy atom. The fourth-order valence-corrected chi connectivity index (χ4v) is 3.17. The van der Waals surface area contributed by atoms with Crippen LogP contribution in [-0.4, -0.2) is 77.0 Å². The van der Waals surface area contributed by atoms with Gasteiger partial charge in [-0.2, -0.15) is 0 Å². The highest BCUT2D eigenvalue weighted by Crippen LogP contribution is 2.18. The van der Waals surface area contributed by atoms with Crippen LogP contribution >= 0.6 is 24.0 Å². The lowest BCUT2D eigenvalue weighted by Gasteiger charge is -2.33. The number of hydrogen-bond acceptors (Lipinski definition) is 5. The molecule has 25 heavy (non-hydrogen) atoms. The minimum absolute atomic E-state index is 0. The molecule has 0 aromatic heterocycles. The van der Waals surface area contributed by atoms with Gasteiger partial charge in [0.15, 0.2) is 5.96 Å². The van der Waals surface area contributed by atoms with E-state index in [4.69, 9.17) is 14.2 Å². The third-order valence-electron chi connectivity index (χ3n) is 4.67. The molecule has 0 saturated carbocycles. The SMILES string of the molecule is CN=C(NCCCOCC1CCOC1)N1CCC(C(=O)OC)CC1.I. The van der Waals surface area contributed by atoms with Crippen molar-refractivity contribution in [2.24, 2.45) is 16.8 Å². The van der Waals surface area contributed by atoms with E-state index in [-0.39, 0.29) is 35.9 Å². The van der Waals surface area contributed by atoms with Crippen molar-refractivity contribution >= 4 is 35.9 Å². The van der Waals surface area contributed by atoms with Gasteiger partial charge in [-0.05, 0) is 25.7 Å². The number of ether oxygens (including phenoxy) is 3. The molecule has 0 amide bonds. The van der Waals surface area contributed by atoms with Crippen LogP contribution in [-0.2, 0) is 19.0 Å². The van der Waals surface area contributed by atoms with Crippen LogP contribution in [0.15, 0.2) is 4.99 Å². The van der Waals surface area contributed by atoms with Crippen LogP contribution < -0.4 is 5.32 Å². The maximum absolute atomic E-state index is 11.6. The minimum atomic E-state index is -0.0950. The highest BCUT2D eigenvalue weighted by atomic mass is 127. The lowest BCUT2D eigenvalue weighted by molar-refractivity contribution is -0.146. The number of piperidine rings is 1. The van der Waals surface area contributed by atoms with E-state index >= 15 is 0 Å². The van der Waals surface area contributed by atoms with Crippen LogP contribution in [0.25, 0.3) is 0 Å². The van der Waals surface area contributed by atoms with E-state index in [0.717, 1.165) is 77.7 Å². The van der Waals surface area contributed by atoms with Gasteiger partial charge in [0.1, 0.15) is 0 Å². The summed E-state index contributed by atoms with van der Waals surface area (Å²) in [4.78, 5) is 18.1. The molecule has 0 aliphatic carbocycles. The summed E-state index contributed by atoms with van der Waals surface area (Å²) in [5.41, 5.74) is 0. The highest BCUT2D eigenvalue weighted by Gasteiger charge is 2.26. The lowest BCUT2D eigenvalue weighted by Crippen LogP contribution is -2.47. The third-order valence-corrected chi connectivity index (χ3v) is 4.67. The molecule has 0 bridgehead atoms. The smallest absolute Gasteiger partial charge is 0.308 e. The fraction of sp³-hybridized carbons (Fsp3) is 0.882. The number of esters is 1. The van der Waals surface area contributed by atoms with Gasteiger partial charge in [0.05, 0.1) is 26.2 Å². The lowest BCUT2D eigenvalue weighted by atomic mass is 9.97. The topological polar surface area (TPSA) is 72.4 Å². The van der Waals surface area contributed by atoms with Crippen molar-refractivity contribution in [3.63, 3.8) is 0 Å². The van der Waals surface area contributed by atoms with Crippen molar-refractivity contribution in [3.8, 4) is 0 Å². The van der Waals surface area contributed by atoms with Gasteiger partial charge in [0, 0.05) is 45.8 Å².